The van der Waals surface area contributed by atoms with Crippen molar-refractivity contribution < 1.29 is 58.6 Å². The normalized spacial score (nSPS) is 16.0. The Hall–Kier alpha value is -4.02. The van der Waals surface area contributed by atoms with Gasteiger partial charge in [-0.15, -0.1) is 36.5 Å². The van der Waals surface area contributed by atoms with E-state index < -0.39 is 82.4 Å². The van der Waals surface area contributed by atoms with Crippen LogP contribution in [0.25, 0.3) is 0 Å². The molecule has 1 saturated heterocycles. The van der Waals surface area contributed by atoms with Crippen LogP contribution in [0.1, 0.15) is 12.0 Å². The topological polar surface area (TPSA) is 160 Å². The standard InChI is InChI=1S/C25H21BrF6N6O7S2/c26-22-35-36-23(46-22)34-19(39)11-20(40)37-9-10-38(47(42,43)17-7-5-16(6-8-17)45-25(30,31)32)18(13-37)21(41)33-12-14-1-3-15(4-2-14)44-24(27,28)29/h1-8,18H,9-13H2,(H,33,41)(H,34,36,39)/t18-/m1/s1. The number of hydrogen-bond donors (Lipinski definition) is 2. The van der Waals surface area contributed by atoms with Gasteiger partial charge in [-0.3, -0.25) is 14.4 Å². The summed E-state index contributed by atoms with van der Waals surface area (Å²) < 4.78 is 111. The fraction of sp³-hybridized carbons (Fsp3) is 0.320. The van der Waals surface area contributed by atoms with E-state index in [4.69, 9.17) is 0 Å². The van der Waals surface area contributed by atoms with Crippen LogP contribution >= 0.6 is 27.3 Å². The number of hydrogen-bond acceptors (Lipinski definition) is 10. The van der Waals surface area contributed by atoms with E-state index in [2.05, 4.69) is 46.2 Å². The van der Waals surface area contributed by atoms with Crippen LogP contribution in [0.2, 0.25) is 0 Å². The van der Waals surface area contributed by atoms with Crippen molar-refractivity contribution in [1.29, 1.82) is 0 Å². The van der Waals surface area contributed by atoms with E-state index in [1.165, 1.54) is 12.1 Å². The maximum Gasteiger partial charge on any atom is 0.573 e. The van der Waals surface area contributed by atoms with Crippen molar-refractivity contribution in [3.8, 4) is 11.5 Å². The van der Waals surface area contributed by atoms with Gasteiger partial charge in [0.25, 0.3) is 0 Å². The van der Waals surface area contributed by atoms with E-state index >= 15 is 0 Å². The minimum absolute atomic E-state index is 0.104. The number of carbonyl (C=O) groups is 3. The van der Waals surface area contributed by atoms with E-state index in [0.29, 0.717) is 9.48 Å². The Balaban J connectivity index is 1.51. The molecule has 254 valence electrons. The van der Waals surface area contributed by atoms with E-state index in [1.807, 2.05) is 0 Å². The second-order valence-corrected chi connectivity index (χ2v) is 13.6. The van der Waals surface area contributed by atoms with Crippen LogP contribution in [0.3, 0.4) is 0 Å². The second kappa shape index (κ2) is 14.4. The SMILES string of the molecule is O=C(CC(=O)N1CCN(S(=O)(=O)c2ccc(OC(F)(F)F)cc2)[C@@H](C(=O)NCc2ccc(OC(F)(F)F)cc2)C1)Nc1nnc(Br)s1. The summed E-state index contributed by atoms with van der Waals surface area (Å²) in [6.07, 6.45) is -10.6. The van der Waals surface area contributed by atoms with Crippen LogP contribution in [0.4, 0.5) is 31.5 Å². The van der Waals surface area contributed by atoms with Crippen molar-refractivity contribution in [2.75, 3.05) is 25.0 Å². The lowest BCUT2D eigenvalue weighted by atomic mass is 10.1. The van der Waals surface area contributed by atoms with Crippen LogP contribution in [0, 0.1) is 0 Å². The number of nitrogens with zero attached hydrogens (tertiary/aromatic N) is 4. The molecule has 13 nitrogen and oxygen atoms in total. The Kier molecular flexibility index (Phi) is 11.0. The van der Waals surface area contributed by atoms with Gasteiger partial charge < -0.3 is 25.0 Å². The Labute approximate surface area is 274 Å². The third kappa shape index (κ3) is 10.2. The number of alkyl halides is 6. The lowest BCUT2D eigenvalue weighted by molar-refractivity contribution is -0.275. The molecular weight excluding hydrogens is 754 g/mol. The number of carbonyl (C=O) groups excluding carboxylic acids is 3. The van der Waals surface area contributed by atoms with E-state index in [1.54, 1.807) is 0 Å². The molecule has 0 saturated carbocycles. The maximum absolute atomic E-state index is 13.6. The first kappa shape index (κ1) is 35.8. The number of ether oxygens (including phenoxy) is 2. The Bertz CT molecular complexity index is 1710. The number of piperazine rings is 1. The van der Waals surface area contributed by atoms with Crippen LogP contribution < -0.4 is 20.1 Å². The number of halogens is 7. The summed E-state index contributed by atoms with van der Waals surface area (Å²) in [4.78, 5) is 39.4. The molecular formula is C25H21BrF6N6O7S2. The Morgan fingerprint density at radius 2 is 1.49 bits per heavy atom. The average molecular weight is 776 g/mol. The predicted molar refractivity (Wildman–Crippen MR) is 153 cm³/mol. The first-order valence-electron chi connectivity index (χ1n) is 13.0. The summed E-state index contributed by atoms with van der Waals surface area (Å²) in [7, 11) is -4.56. The molecule has 1 aromatic heterocycles. The molecule has 0 unspecified atom stereocenters. The summed E-state index contributed by atoms with van der Waals surface area (Å²) in [6.45, 7) is -1.49. The Morgan fingerprint density at radius 3 is 2.02 bits per heavy atom. The van der Waals surface area contributed by atoms with Gasteiger partial charge in [0.2, 0.25) is 32.9 Å². The number of sulfonamides is 1. The van der Waals surface area contributed by atoms with Crippen molar-refractivity contribution in [3.63, 3.8) is 0 Å². The van der Waals surface area contributed by atoms with Crippen LogP contribution in [-0.2, 0) is 31.0 Å². The summed E-state index contributed by atoms with van der Waals surface area (Å²) >= 11 is 4.06. The van der Waals surface area contributed by atoms with E-state index in [0.717, 1.165) is 56.9 Å². The molecule has 0 bridgehead atoms. The number of amides is 3. The number of benzene rings is 2. The molecule has 1 fully saturated rings. The molecule has 1 atom stereocenters. The maximum atomic E-state index is 13.6. The van der Waals surface area contributed by atoms with Gasteiger partial charge in [-0.05, 0) is 57.9 Å². The quantitative estimate of drug-likeness (QED) is 0.232. The zero-order chi connectivity index (χ0) is 34.6. The average Bonchev–Trinajstić information content (AvgIpc) is 3.38. The van der Waals surface area contributed by atoms with Crippen molar-refractivity contribution in [2.24, 2.45) is 0 Å². The molecule has 2 heterocycles. The van der Waals surface area contributed by atoms with E-state index in [9.17, 15) is 49.1 Å². The van der Waals surface area contributed by atoms with Gasteiger partial charge in [0.05, 0.1) is 4.90 Å². The van der Waals surface area contributed by atoms with Gasteiger partial charge in [-0.25, -0.2) is 8.42 Å². The summed E-state index contributed by atoms with van der Waals surface area (Å²) in [5, 5.41) is 12.3. The minimum atomic E-state index is -5.02. The molecule has 3 aromatic rings. The number of rotatable bonds is 10. The largest absolute Gasteiger partial charge is 0.573 e. The highest BCUT2D eigenvalue weighted by Crippen LogP contribution is 2.28. The van der Waals surface area contributed by atoms with Crippen LogP contribution in [0.15, 0.2) is 57.3 Å². The zero-order valence-corrected chi connectivity index (χ0v) is 26.6. The number of nitrogens with one attached hydrogen (secondary N) is 2. The van der Waals surface area contributed by atoms with Gasteiger partial charge in [0.1, 0.15) is 24.0 Å². The third-order valence-electron chi connectivity index (χ3n) is 6.23. The summed E-state index contributed by atoms with van der Waals surface area (Å²) in [5.41, 5.74) is 0.311. The van der Waals surface area contributed by atoms with Crippen molar-refractivity contribution in [1.82, 2.24) is 24.7 Å². The minimum Gasteiger partial charge on any atom is -0.406 e. The lowest BCUT2D eigenvalue weighted by Gasteiger charge is -2.39. The molecule has 0 radical (unpaired) electrons. The summed E-state index contributed by atoms with van der Waals surface area (Å²) in [5.74, 6) is -3.63. The number of anilines is 1. The van der Waals surface area contributed by atoms with Crippen molar-refractivity contribution in [2.45, 2.75) is 36.6 Å². The van der Waals surface area contributed by atoms with Gasteiger partial charge in [-0.2, -0.15) is 4.31 Å². The zero-order valence-electron chi connectivity index (χ0n) is 23.3. The molecule has 2 aromatic carbocycles. The van der Waals surface area contributed by atoms with Gasteiger partial charge in [0, 0.05) is 26.2 Å². The number of aromatic nitrogens is 2. The van der Waals surface area contributed by atoms with Crippen molar-refractivity contribution >= 4 is 60.1 Å². The Morgan fingerprint density at radius 1 is 0.915 bits per heavy atom. The molecule has 4 rings (SSSR count). The highest BCUT2D eigenvalue weighted by molar-refractivity contribution is 9.11. The predicted octanol–water partition coefficient (Wildman–Crippen LogP) is 3.64. The molecule has 1 aliphatic heterocycles. The monoisotopic (exact) mass is 774 g/mol. The molecule has 0 spiro atoms. The molecule has 2 N–H and O–H groups in total. The van der Waals surface area contributed by atoms with Gasteiger partial charge in [0.15, 0.2) is 3.92 Å². The smallest absolute Gasteiger partial charge is 0.406 e. The lowest BCUT2D eigenvalue weighted by Crippen LogP contribution is -2.61. The summed E-state index contributed by atoms with van der Waals surface area (Å²) in [6, 6.07) is 6.13. The second-order valence-electron chi connectivity index (χ2n) is 9.49. The highest BCUT2D eigenvalue weighted by Gasteiger charge is 2.42. The first-order valence-corrected chi connectivity index (χ1v) is 16.0. The fourth-order valence-electron chi connectivity index (χ4n) is 4.23. The molecule has 22 heteroatoms. The molecule has 1 aliphatic rings. The molecule has 0 aliphatic carbocycles. The van der Waals surface area contributed by atoms with Gasteiger partial charge in [-0.1, -0.05) is 23.5 Å². The van der Waals surface area contributed by atoms with Crippen molar-refractivity contribution in [3.05, 3.63) is 58.0 Å². The molecule has 47 heavy (non-hydrogen) atoms. The highest BCUT2D eigenvalue weighted by atomic mass is 79.9. The van der Waals surface area contributed by atoms with Crippen LogP contribution in [-0.4, -0.2) is 83.9 Å². The van der Waals surface area contributed by atoms with Crippen LogP contribution in [0.5, 0.6) is 11.5 Å². The van der Waals surface area contributed by atoms with E-state index in [-0.39, 0.29) is 18.2 Å². The molecule has 3 amide bonds. The first-order chi connectivity index (χ1) is 21.9. The third-order valence-corrected chi connectivity index (χ3v) is 9.43. The fourth-order valence-corrected chi connectivity index (χ4v) is 6.82. The van der Waals surface area contributed by atoms with Gasteiger partial charge >= 0.3 is 12.7 Å².